The molecule has 1 amide bonds. The fourth-order valence-corrected chi connectivity index (χ4v) is 3.25. The van der Waals surface area contributed by atoms with E-state index >= 15 is 0 Å². The van der Waals surface area contributed by atoms with E-state index in [1.807, 2.05) is 0 Å². The highest BCUT2D eigenvalue weighted by atomic mass is 35.5. The molecule has 130 valence electrons. The fraction of sp³-hybridized carbons (Fsp3) is 0.412. The third kappa shape index (κ3) is 4.39. The van der Waals surface area contributed by atoms with Gasteiger partial charge in [-0.1, -0.05) is 32.4 Å². The van der Waals surface area contributed by atoms with Gasteiger partial charge in [-0.05, 0) is 6.07 Å². The van der Waals surface area contributed by atoms with Crippen molar-refractivity contribution in [3.05, 3.63) is 38.8 Å². The van der Waals surface area contributed by atoms with Crippen LogP contribution in [0, 0.1) is 0 Å². The number of carbonyl (C=O) groups excluding carboxylic acids is 1. The van der Waals surface area contributed by atoms with E-state index in [0.29, 0.717) is 35.0 Å². The summed E-state index contributed by atoms with van der Waals surface area (Å²) in [7, 11) is 1.49. The van der Waals surface area contributed by atoms with Crippen LogP contribution in [0.5, 0.6) is 5.75 Å². The smallest absolute Gasteiger partial charge is 0.255 e. The molecule has 0 aliphatic rings. The second-order valence-corrected chi connectivity index (χ2v) is 7.81. The molecule has 0 unspecified atom stereocenters. The Hall–Kier alpha value is -1.79. The summed E-state index contributed by atoms with van der Waals surface area (Å²) >= 11 is 7.60. The van der Waals surface area contributed by atoms with Gasteiger partial charge in [-0.15, -0.1) is 11.3 Å². The Kier molecular flexibility index (Phi) is 5.72. The Morgan fingerprint density at radius 2 is 2.12 bits per heavy atom. The monoisotopic (exact) mass is 367 g/mol. The number of benzene rings is 1. The van der Waals surface area contributed by atoms with Gasteiger partial charge in [-0.3, -0.25) is 4.79 Å². The summed E-state index contributed by atoms with van der Waals surface area (Å²) in [5.74, 6) is 0.153. The number of rotatable bonds is 5. The van der Waals surface area contributed by atoms with Gasteiger partial charge in [0.05, 0.1) is 34.1 Å². The Balaban J connectivity index is 1.99. The van der Waals surface area contributed by atoms with Crippen LogP contribution in [0.4, 0.5) is 5.69 Å². The average molecular weight is 368 g/mol. The first-order valence-corrected chi connectivity index (χ1v) is 8.84. The number of nitrogen functional groups attached to an aromatic ring is 1. The highest BCUT2D eigenvalue weighted by Gasteiger charge is 2.18. The molecule has 0 aliphatic carbocycles. The van der Waals surface area contributed by atoms with Gasteiger partial charge in [0.1, 0.15) is 5.75 Å². The third-order valence-electron chi connectivity index (χ3n) is 3.51. The fourth-order valence-electron chi connectivity index (χ4n) is 2.06. The van der Waals surface area contributed by atoms with Gasteiger partial charge in [0.15, 0.2) is 0 Å². The number of nitrogens with one attached hydrogen (secondary N) is 1. The molecular weight excluding hydrogens is 346 g/mol. The molecule has 2 aromatic rings. The van der Waals surface area contributed by atoms with Crippen molar-refractivity contribution in [2.24, 2.45) is 0 Å². The first-order chi connectivity index (χ1) is 11.2. The molecule has 0 saturated carbocycles. The van der Waals surface area contributed by atoms with Crippen molar-refractivity contribution in [2.45, 2.75) is 32.6 Å². The number of nitrogens with zero attached hydrogens (tertiary/aromatic N) is 1. The summed E-state index contributed by atoms with van der Waals surface area (Å²) in [6.07, 6.45) is 0.678. The van der Waals surface area contributed by atoms with Crippen LogP contribution in [-0.4, -0.2) is 24.5 Å². The number of hydrogen-bond acceptors (Lipinski definition) is 5. The third-order valence-corrected chi connectivity index (χ3v) is 4.74. The number of nitrogens with two attached hydrogens (primary N) is 1. The predicted molar refractivity (Wildman–Crippen MR) is 99.3 cm³/mol. The number of anilines is 1. The number of halogens is 1. The van der Waals surface area contributed by atoms with Crippen molar-refractivity contribution >= 4 is 34.5 Å². The lowest BCUT2D eigenvalue weighted by Gasteiger charge is -2.14. The summed E-state index contributed by atoms with van der Waals surface area (Å²) < 4.78 is 5.20. The molecule has 0 spiro atoms. The second kappa shape index (κ2) is 7.40. The number of carbonyl (C=O) groups is 1. The quantitative estimate of drug-likeness (QED) is 0.790. The highest BCUT2D eigenvalue weighted by molar-refractivity contribution is 7.09. The molecule has 1 heterocycles. The van der Waals surface area contributed by atoms with Gasteiger partial charge in [0.2, 0.25) is 0 Å². The van der Waals surface area contributed by atoms with Crippen LogP contribution < -0.4 is 15.8 Å². The van der Waals surface area contributed by atoms with E-state index in [1.165, 1.54) is 13.2 Å². The topological polar surface area (TPSA) is 77.2 Å². The van der Waals surface area contributed by atoms with Crippen LogP contribution in [0.15, 0.2) is 17.5 Å². The number of ether oxygens (including phenoxy) is 1. The van der Waals surface area contributed by atoms with Crippen molar-refractivity contribution in [3.63, 3.8) is 0 Å². The minimum atomic E-state index is -0.249. The maximum absolute atomic E-state index is 12.3. The summed E-state index contributed by atoms with van der Waals surface area (Å²) in [6, 6.07) is 3.07. The number of methoxy groups -OCH3 is 1. The van der Waals surface area contributed by atoms with E-state index in [2.05, 4.69) is 36.5 Å². The van der Waals surface area contributed by atoms with Crippen molar-refractivity contribution in [2.75, 3.05) is 19.4 Å². The van der Waals surface area contributed by atoms with Crippen LogP contribution in [0.1, 0.15) is 41.8 Å². The van der Waals surface area contributed by atoms with Gasteiger partial charge < -0.3 is 15.8 Å². The van der Waals surface area contributed by atoms with Crippen LogP contribution in [0.3, 0.4) is 0 Å². The Bertz CT molecular complexity index is 738. The standard InChI is InChI=1S/C17H22ClN3O2S/c1-17(2,3)14-9-24-15(21-14)5-6-20-16(22)10-7-11(18)12(19)8-13(10)23-4/h7-9H,5-6,19H2,1-4H3,(H,20,22). The van der Waals surface area contributed by atoms with Crippen LogP contribution in [0.25, 0.3) is 0 Å². The molecule has 2 rings (SSSR count). The number of aromatic nitrogens is 1. The van der Waals surface area contributed by atoms with Gasteiger partial charge in [-0.2, -0.15) is 0 Å². The van der Waals surface area contributed by atoms with Crippen molar-refractivity contribution in [1.29, 1.82) is 0 Å². The highest BCUT2D eigenvalue weighted by Crippen LogP contribution is 2.29. The molecule has 7 heteroatoms. The molecule has 5 nitrogen and oxygen atoms in total. The van der Waals surface area contributed by atoms with Crippen molar-refractivity contribution in [1.82, 2.24) is 10.3 Å². The second-order valence-electron chi connectivity index (χ2n) is 6.46. The van der Waals surface area contributed by atoms with E-state index < -0.39 is 0 Å². The molecule has 1 aromatic carbocycles. The molecule has 3 N–H and O–H groups in total. The zero-order chi connectivity index (χ0) is 17.9. The summed E-state index contributed by atoms with van der Waals surface area (Å²) in [6.45, 7) is 6.88. The van der Waals surface area contributed by atoms with Gasteiger partial charge in [0, 0.05) is 29.8 Å². The first-order valence-electron chi connectivity index (χ1n) is 7.58. The summed E-state index contributed by atoms with van der Waals surface area (Å²) in [5.41, 5.74) is 7.58. The molecule has 1 aromatic heterocycles. The largest absolute Gasteiger partial charge is 0.496 e. The zero-order valence-corrected chi connectivity index (χ0v) is 15.8. The molecule has 0 bridgehead atoms. The lowest BCUT2D eigenvalue weighted by atomic mass is 9.93. The Labute approximate surface area is 151 Å². The maximum atomic E-state index is 12.3. The Morgan fingerprint density at radius 3 is 2.71 bits per heavy atom. The lowest BCUT2D eigenvalue weighted by molar-refractivity contribution is 0.0951. The number of hydrogen-bond donors (Lipinski definition) is 2. The van der Waals surface area contributed by atoms with Crippen LogP contribution in [0.2, 0.25) is 5.02 Å². The minimum absolute atomic E-state index is 0.0338. The van der Waals surface area contributed by atoms with E-state index in [0.717, 1.165) is 10.7 Å². The molecule has 0 atom stereocenters. The minimum Gasteiger partial charge on any atom is -0.496 e. The molecule has 0 aliphatic heterocycles. The molecule has 0 radical (unpaired) electrons. The number of thiazole rings is 1. The molecular formula is C17H22ClN3O2S. The normalized spacial score (nSPS) is 11.4. The molecule has 24 heavy (non-hydrogen) atoms. The van der Waals surface area contributed by atoms with E-state index in [9.17, 15) is 4.79 Å². The molecule has 0 saturated heterocycles. The van der Waals surface area contributed by atoms with Gasteiger partial charge in [0.25, 0.3) is 5.91 Å². The first kappa shape index (κ1) is 18.5. The zero-order valence-electron chi connectivity index (χ0n) is 14.3. The van der Waals surface area contributed by atoms with Gasteiger partial charge >= 0.3 is 0 Å². The van der Waals surface area contributed by atoms with Crippen LogP contribution in [-0.2, 0) is 11.8 Å². The van der Waals surface area contributed by atoms with E-state index in [1.54, 1.807) is 17.4 Å². The van der Waals surface area contributed by atoms with Crippen LogP contribution >= 0.6 is 22.9 Å². The summed E-state index contributed by atoms with van der Waals surface area (Å²) in [4.78, 5) is 17.0. The maximum Gasteiger partial charge on any atom is 0.255 e. The average Bonchev–Trinajstić information content (AvgIpc) is 2.98. The predicted octanol–water partition coefficient (Wildman–Crippen LogP) is 3.66. The lowest BCUT2D eigenvalue weighted by Crippen LogP contribution is -2.26. The number of amides is 1. The van der Waals surface area contributed by atoms with E-state index in [4.69, 9.17) is 22.1 Å². The molecule has 0 fully saturated rings. The Morgan fingerprint density at radius 1 is 1.42 bits per heavy atom. The van der Waals surface area contributed by atoms with Gasteiger partial charge in [-0.25, -0.2) is 4.98 Å². The SMILES string of the molecule is COc1cc(N)c(Cl)cc1C(=O)NCCc1nc(C(C)(C)C)cs1. The van der Waals surface area contributed by atoms with E-state index in [-0.39, 0.29) is 11.3 Å². The summed E-state index contributed by atoms with van der Waals surface area (Å²) in [5, 5.41) is 6.27. The van der Waals surface area contributed by atoms with Crippen molar-refractivity contribution in [3.8, 4) is 5.75 Å². The van der Waals surface area contributed by atoms with Crippen molar-refractivity contribution < 1.29 is 9.53 Å².